The van der Waals surface area contributed by atoms with E-state index >= 15 is 0 Å². The quantitative estimate of drug-likeness (QED) is 0.797. The molecule has 0 atom stereocenters. The number of carbonyl (C=O) groups is 1. The molecule has 3 aliphatic rings. The van der Waals surface area contributed by atoms with Crippen molar-refractivity contribution in [2.45, 2.75) is 90.0 Å². The van der Waals surface area contributed by atoms with Crippen molar-refractivity contribution in [1.82, 2.24) is 4.90 Å². The maximum atomic E-state index is 12.2. The Morgan fingerprint density at radius 1 is 1.04 bits per heavy atom. The van der Waals surface area contributed by atoms with Gasteiger partial charge in [-0.3, -0.25) is 4.79 Å². The van der Waals surface area contributed by atoms with E-state index in [1.807, 2.05) is 0 Å². The van der Waals surface area contributed by atoms with E-state index in [1.54, 1.807) is 0 Å². The Bertz CT molecular complexity index is 386. The van der Waals surface area contributed by atoms with E-state index in [0.717, 1.165) is 50.5 Å². The Morgan fingerprint density at radius 3 is 2.17 bits per heavy atom. The van der Waals surface area contributed by atoms with E-state index in [-0.39, 0.29) is 5.41 Å². The summed E-state index contributed by atoms with van der Waals surface area (Å²) >= 11 is 0. The Hall–Kier alpha value is -0.570. The highest BCUT2D eigenvalue weighted by Crippen LogP contribution is 2.50. The summed E-state index contributed by atoms with van der Waals surface area (Å²) in [7, 11) is 0. The molecule has 3 rings (SSSR count). The molecule has 1 heterocycles. The lowest BCUT2D eigenvalue weighted by atomic mass is 9.59. The van der Waals surface area contributed by atoms with Crippen molar-refractivity contribution in [3.05, 3.63) is 0 Å². The normalized spacial score (nSPS) is 39.4. The van der Waals surface area contributed by atoms with Crippen molar-refractivity contribution < 1.29 is 9.90 Å². The van der Waals surface area contributed by atoms with Crippen LogP contribution in [0.4, 0.5) is 0 Å². The van der Waals surface area contributed by atoms with Gasteiger partial charge in [-0.25, -0.2) is 0 Å². The first kappa shape index (κ1) is 17.3. The minimum Gasteiger partial charge on any atom is -0.481 e. The number of carboxylic acid groups (broad SMARTS) is 1. The molecule has 23 heavy (non-hydrogen) atoms. The van der Waals surface area contributed by atoms with Crippen molar-refractivity contribution in [2.75, 3.05) is 13.1 Å². The molecule has 2 saturated carbocycles. The molecule has 0 bridgehead atoms. The van der Waals surface area contributed by atoms with Crippen LogP contribution >= 0.6 is 0 Å². The fourth-order valence-corrected chi connectivity index (χ4v) is 5.79. The summed E-state index contributed by atoms with van der Waals surface area (Å²) in [5.74, 6) is 0.729. The Labute approximate surface area is 141 Å². The smallest absolute Gasteiger partial charge is 0.309 e. The number of hydrogen-bond donors (Lipinski definition) is 1. The van der Waals surface area contributed by atoms with Crippen LogP contribution < -0.4 is 0 Å². The summed E-state index contributed by atoms with van der Waals surface area (Å²) in [4.78, 5) is 14.8. The summed E-state index contributed by atoms with van der Waals surface area (Å²) in [6, 6.07) is 0.746. The molecule has 0 aromatic rings. The van der Waals surface area contributed by atoms with E-state index in [9.17, 15) is 9.90 Å². The molecule has 2 aliphatic carbocycles. The fraction of sp³-hybridized carbons (Fsp3) is 0.950. The van der Waals surface area contributed by atoms with Crippen LogP contribution in [0.5, 0.6) is 0 Å². The lowest BCUT2D eigenvalue weighted by Gasteiger charge is -2.46. The van der Waals surface area contributed by atoms with Gasteiger partial charge >= 0.3 is 5.97 Å². The van der Waals surface area contributed by atoms with E-state index in [0.29, 0.717) is 5.92 Å². The third kappa shape index (κ3) is 3.60. The molecule has 132 valence electrons. The lowest BCUT2D eigenvalue weighted by Crippen LogP contribution is -2.45. The maximum Gasteiger partial charge on any atom is 0.309 e. The molecule has 0 radical (unpaired) electrons. The molecule has 0 amide bonds. The molecular weight excluding hydrogens is 286 g/mol. The van der Waals surface area contributed by atoms with Crippen LogP contribution in [0.2, 0.25) is 0 Å². The first-order valence-corrected chi connectivity index (χ1v) is 10.1. The fourth-order valence-electron chi connectivity index (χ4n) is 5.79. The largest absolute Gasteiger partial charge is 0.481 e. The zero-order valence-corrected chi connectivity index (χ0v) is 14.9. The number of aliphatic carboxylic acids is 1. The van der Waals surface area contributed by atoms with Gasteiger partial charge in [0, 0.05) is 6.04 Å². The standard InChI is InChI=1S/C20H35NO2/c1-2-5-16-10-12-20(13-11-16,19(22)23)17-6-8-18(9-7-17)21-14-3-4-15-21/h16-18H,2-15H2,1H3,(H,22,23). The minimum atomic E-state index is -0.489. The van der Waals surface area contributed by atoms with Gasteiger partial charge in [0.2, 0.25) is 0 Å². The van der Waals surface area contributed by atoms with Crippen molar-refractivity contribution >= 4 is 5.97 Å². The third-order valence-electron chi connectivity index (χ3n) is 7.26. The highest BCUT2D eigenvalue weighted by molar-refractivity contribution is 5.75. The summed E-state index contributed by atoms with van der Waals surface area (Å²) in [5, 5.41) is 10.0. The van der Waals surface area contributed by atoms with Crippen LogP contribution in [0.1, 0.15) is 84.0 Å². The van der Waals surface area contributed by atoms with Gasteiger partial charge in [-0.05, 0) is 89.1 Å². The molecule has 1 N–H and O–H groups in total. The molecule has 3 heteroatoms. The van der Waals surface area contributed by atoms with Crippen LogP contribution in [0, 0.1) is 17.3 Å². The first-order valence-electron chi connectivity index (χ1n) is 10.1. The first-order chi connectivity index (χ1) is 11.2. The summed E-state index contributed by atoms with van der Waals surface area (Å²) in [6.07, 6.45) is 14.2. The van der Waals surface area contributed by atoms with Crippen LogP contribution in [-0.4, -0.2) is 35.1 Å². The van der Waals surface area contributed by atoms with Gasteiger partial charge in [0.15, 0.2) is 0 Å². The van der Waals surface area contributed by atoms with Crippen LogP contribution in [-0.2, 0) is 4.79 Å². The van der Waals surface area contributed by atoms with Gasteiger partial charge in [-0.2, -0.15) is 0 Å². The summed E-state index contributed by atoms with van der Waals surface area (Å²) in [5.41, 5.74) is -0.389. The van der Waals surface area contributed by atoms with Crippen molar-refractivity contribution in [1.29, 1.82) is 0 Å². The molecule has 3 nitrogen and oxygen atoms in total. The average Bonchev–Trinajstić information content (AvgIpc) is 3.10. The van der Waals surface area contributed by atoms with E-state index in [1.165, 1.54) is 51.6 Å². The van der Waals surface area contributed by atoms with E-state index in [4.69, 9.17) is 0 Å². The predicted octanol–water partition coefficient (Wildman–Crippen LogP) is 4.70. The minimum absolute atomic E-state index is 0.389. The van der Waals surface area contributed by atoms with Gasteiger partial charge in [0.25, 0.3) is 0 Å². The van der Waals surface area contributed by atoms with Crippen molar-refractivity contribution in [3.63, 3.8) is 0 Å². The molecule has 3 fully saturated rings. The van der Waals surface area contributed by atoms with Gasteiger partial charge in [0.1, 0.15) is 0 Å². The number of carboxylic acids is 1. The van der Waals surface area contributed by atoms with Crippen LogP contribution in [0.15, 0.2) is 0 Å². The van der Waals surface area contributed by atoms with Crippen LogP contribution in [0.3, 0.4) is 0 Å². The Morgan fingerprint density at radius 2 is 1.65 bits per heavy atom. The van der Waals surface area contributed by atoms with Gasteiger partial charge in [0.05, 0.1) is 5.41 Å². The number of nitrogens with zero attached hydrogens (tertiary/aromatic N) is 1. The maximum absolute atomic E-state index is 12.2. The highest BCUT2D eigenvalue weighted by atomic mass is 16.4. The number of rotatable bonds is 5. The second-order valence-corrected chi connectivity index (χ2v) is 8.44. The predicted molar refractivity (Wildman–Crippen MR) is 93.5 cm³/mol. The Kier molecular flexibility index (Phi) is 5.66. The summed E-state index contributed by atoms with van der Waals surface area (Å²) < 4.78 is 0. The molecule has 0 aromatic heterocycles. The zero-order chi connectivity index (χ0) is 16.3. The van der Waals surface area contributed by atoms with Crippen LogP contribution in [0.25, 0.3) is 0 Å². The zero-order valence-electron chi connectivity index (χ0n) is 14.9. The lowest BCUT2D eigenvalue weighted by molar-refractivity contribution is -0.157. The molecule has 0 aromatic carbocycles. The molecule has 1 aliphatic heterocycles. The average molecular weight is 322 g/mol. The monoisotopic (exact) mass is 321 g/mol. The second kappa shape index (κ2) is 7.55. The van der Waals surface area contributed by atoms with Crippen molar-refractivity contribution in [3.8, 4) is 0 Å². The molecular formula is C20H35NO2. The Balaban J connectivity index is 1.58. The third-order valence-corrected chi connectivity index (χ3v) is 7.26. The van der Waals surface area contributed by atoms with Crippen molar-refractivity contribution in [2.24, 2.45) is 17.3 Å². The highest BCUT2D eigenvalue weighted by Gasteiger charge is 2.48. The molecule has 0 spiro atoms. The summed E-state index contributed by atoms with van der Waals surface area (Å²) in [6.45, 7) is 4.80. The molecule has 0 unspecified atom stereocenters. The van der Waals surface area contributed by atoms with Gasteiger partial charge < -0.3 is 10.0 Å². The van der Waals surface area contributed by atoms with Gasteiger partial charge in [-0.15, -0.1) is 0 Å². The SMILES string of the molecule is CCCC1CCC(C(=O)O)(C2CCC(N3CCCC3)CC2)CC1. The second-order valence-electron chi connectivity index (χ2n) is 8.44. The molecule has 1 saturated heterocycles. The number of likely N-dealkylation sites (tertiary alicyclic amines) is 1. The van der Waals surface area contributed by atoms with E-state index < -0.39 is 5.97 Å². The topological polar surface area (TPSA) is 40.5 Å². The number of hydrogen-bond acceptors (Lipinski definition) is 2. The van der Waals surface area contributed by atoms with E-state index in [2.05, 4.69) is 11.8 Å². The van der Waals surface area contributed by atoms with Gasteiger partial charge in [-0.1, -0.05) is 19.8 Å².